The molecule has 1 aromatic carbocycles. The van der Waals surface area contributed by atoms with Crippen LogP contribution in [0.2, 0.25) is 0 Å². The Labute approximate surface area is 256 Å². The minimum Gasteiger partial charge on any atom is -0.289 e. The van der Waals surface area contributed by atoms with Crippen molar-refractivity contribution >= 4 is 23.7 Å². The molecule has 2 aliphatic rings. The van der Waals surface area contributed by atoms with E-state index < -0.39 is 0 Å². The van der Waals surface area contributed by atoms with E-state index in [-0.39, 0.29) is 33.2 Å². The van der Waals surface area contributed by atoms with Crippen LogP contribution in [0.1, 0.15) is 116 Å². The van der Waals surface area contributed by atoms with Crippen molar-refractivity contribution in [2.24, 2.45) is 21.7 Å². The Hall–Kier alpha value is -3.00. The van der Waals surface area contributed by atoms with Crippen LogP contribution >= 0.6 is 0 Å². The summed E-state index contributed by atoms with van der Waals surface area (Å²) in [5.74, 6) is 0.317. The molecule has 0 N–H and O–H groups in total. The van der Waals surface area contributed by atoms with Crippen molar-refractivity contribution in [3.63, 3.8) is 0 Å². The summed E-state index contributed by atoms with van der Waals surface area (Å²) in [4.78, 5) is 27.0. The third-order valence-electron chi connectivity index (χ3n) is 8.82. The van der Waals surface area contributed by atoms with Gasteiger partial charge in [0.05, 0.1) is 0 Å². The number of hydrogen-bond donors (Lipinski definition) is 0. The smallest absolute Gasteiger partial charge is 0.186 e. The molecule has 2 aliphatic carbocycles. The number of ketones is 2. The average molecular weight is 567 g/mol. The molecule has 0 heterocycles. The van der Waals surface area contributed by atoms with Gasteiger partial charge in [0, 0.05) is 22.3 Å². The fourth-order valence-corrected chi connectivity index (χ4v) is 5.83. The first-order valence-corrected chi connectivity index (χ1v) is 15.4. The molecule has 0 amide bonds. The quantitative estimate of drug-likeness (QED) is 0.357. The van der Waals surface area contributed by atoms with E-state index in [1.165, 1.54) is 33.4 Å². The standard InChI is InChI=1S/C40H54O2/c1-23-24(2)30(18-28-21-33(39(11,12)13)36(42)34(22-28)40(14,15)16)26(4)25(3)29(23)17-27-19-31(37(5,6)7)35(41)32(20-27)38(8,9)10/h17-22H,1-16H3. The van der Waals surface area contributed by atoms with Crippen molar-refractivity contribution in [2.45, 2.75) is 111 Å². The van der Waals surface area contributed by atoms with Gasteiger partial charge in [-0.25, -0.2) is 0 Å². The van der Waals surface area contributed by atoms with Gasteiger partial charge in [-0.2, -0.15) is 0 Å². The van der Waals surface area contributed by atoms with Crippen LogP contribution in [0.5, 0.6) is 0 Å². The fraction of sp³-hybridized carbons (Fsp3) is 0.500. The molecule has 226 valence electrons. The molecule has 2 nitrogen and oxygen atoms in total. The molecule has 0 unspecified atom stereocenters. The Morgan fingerprint density at radius 1 is 0.405 bits per heavy atom. The number of benzene rings is 1. The van der Waals surface area contributed by atoms with Crippen LogP contribution in [-0.4, -0.2) is 11.6 Å². The summed E-state index contributed by atoms with van der Waals surface area (Å²) < 4.78 is 0. The van der Waals surface area contributed by atoms with Gasteiger partial charge in [-0.15, -0.1) is 0 Å². The molecule has 0 saturated heterocycles. The number of rotatable bonds is 2. The van der Waals surface area contributed by atoms with E-state index in [2.05, 4.69) is 147 Å². The maximum absolute atomic E-state index is 13.5. The molecule has 0 bridgehead atoms. The first kappa shape index (κ1) is 33.5. The van der Waals surface area contributed by atoms with Gasteiger partial charge in [-0.3, -0.25) is 9.59 Å². The molecule has 0 aromatic heterocycles. The van der Waals surface area contributed by atoms with Gasteiger partial charge in [-0.1, -0.05) is 83.1 Å². The maximum Gasteiger partial charge on any atom is 0.186 e. The van der Waals surface area contributed by atoms with Gasteiger partial charge < -0.3 is 0 Å². The van der Waals surface area contributed by atoms with E-state index >= 15 is 0 Å². The first-order valence-electron chi connectivity index (χ1n) is 15.4. The highest BCUT2D eigenvalue weighted by Crippen LogP contribution is 2.42. The lowest BCUT2D eigenvalue weighted by Crippen LogP contribution is -2.28. The third kappa shape index (κ3) is 6.64. The summed E-state index contributed by atoms with van der Waals surface area (Å²) in [5.41, 5.74) is 12.0. The molecule has 3 rings (SSSR count). The zero-order valence-corrected chi connectivity index (χ0v) is 29.3. The Kier molecular flexibility index (Phi) is 8.72. The summed E-state index contributed by atoms with van der Waals surface area (Å²) in [6.07, 6.45) is 12.9. The van der Waals surface area contributed by atoms with Crippen molar-refractivity contribution < 1.29 is 9.59 Å². The van der Waals surface area contributed by atoms with Gasteiger partial charge in [0.15, 0.2) is 11.6 Å². The van der Waals surface area contributed by atoms with E-state index in [4.69, 9.17) is 0 Å². The van der Waals surface area contributed by atoms with Crippen molar-refractivity contribution in [3.8, 4) is 0 Å². The minimum atomic E-state index is -0.243. The monoisotopic (exact) mass is 566 g/mol. The van der Waals surface area contributed by atoms with Crippen molar-refractivity contribution in [1.29, 1.82) is 0 Å². The summed E-state index contributed by atoms with van der Waals surface area (Å²) in [7, 11) is 0. The lowest BCUT2D eigenvalue weighted by molar-refractivity contribution is -0.114. The molecule has 42 heavy (non-hydrogen) atoms. The SMILES string of the molecule is Cc1c(C)c(C=C2C=C(C(C)(C)C)C(=O)C(C(C)(C)C)=C2)c(C)c(C)c1C=C1C=C(C(C)(C)C)C(=O)C(C(C)(C)C)=C1. The molecule has 0 spiro atoms. The van der Waals surface area contributed by atoms with Crippen LogP contribution in [-0.2, 0) is 9.59 Å². The molecular weight excluding hydrogens is 512 g/mol. The third-order valence-corrected chi connectivity index (χ3v) is 8.82. The largest absolute Gasteiger partial charge is 0.289 e. The molecule has 0 fully saturated rings. The van der Waals surface area contributed by atoms with Crippen LogP contribution < -0.4 is 0 Å². The Morgan fingerprint density at radius 2 is 0.595 bits per heavy atom. The second-order valence-corrected chi connectivity index (χ2v) is 16.5. The minimum absolute atomic E-state index is 0.159. The van der Waals surface area contributed by atoms with E-state index in [0.717, 1.165) is 33.4 Å². The molecule has 0 saturated carbocycles. The number of hydrogen-bond acceptors (Lipinski definition) is 2. The normalized spacial score (nSPS) is 17.1. The molecule has 1 aromatic rings. The number of allylic oxidation sites excluding steroid dienone is 10. The predicted octanol–water partition coefficient (Wildman–Crippen LogP) is 10.7. The van der Waals surface area contributed by atoms with Crippen LogP contribution in [0, 0.1) is 49.4 Å². The van der Waals surface area contributed by atoms with Crippen molar-refractivity contribution in [3.05, 3.63) is 91.1 Å². The number of carbonyl (C=O) groups is 2. The van der Waals surface area contributed by atoms with Crippen LogP contribution in [0.25, 0.3) is 12.2 Å². The van der Waals surface area contributed by atoms with E-state index in [9.17, 15) is 9.59 Å². The average Bonchev–Trinajstić information content (AvgIpc) is 2.82. The van der Waals surface area contributed by atoms with Crippen molar-refractivity contribution in [2.75, 3.05) is 0 Å². The fourth-order valence-electron chi connectivity index (χ4n) is 5.83. The molecule has 0 atom stereocenters. The zero-order valence-electron chi connectivity index (χ0n) is 29.3. The summed E-state index contributed by atoms with van der Waals surface area (Å²) in [5, 5.41) is 0. The highest BCUT2D eigenvalue weighted by molar-refractivity contribution is 6.13. The lowest BCUT2D eigenvalue weighted by atomic mass is 9.71. The Morgan fingerprint density at radius 3 is 0.762 bits per heavy atom. The molecule has 0 aliphatic heterocycles. The van der Waals surface area contributed by atoms with Crippen LogP contribution in [0.15, 0.2) is 57.7 Å². The second-order valence-electron chi connectivity index (χ2n) is 16.5. The van der Waals surface area contributed by atoms with Crippen LogP contribution in [0.4, 0.5) is 0 Å². The Balaban J connectivity index is 2.28. The van der Waals surface area contributed by atoms with Gasteiger partial charge >= 0.3 is 0 Å². The molecule has 2 heteroatoms. The Bertz CT molecular complexity index is 1310. The topological polar surface area (TPSA) is 34.1 Å². The number of carbonyl (C=O) groups excluding carboxylic acids is 2. The van der Waals surface area contributed by atoms with E-state index in [0.29, 0.717) is 0 Å². The molecular formula is C40H54O2. The summed E-state index contributed by atoms with van der Waals surface area (Å²) in [6.45, 7) is 34.2. The van der Waals surface area contributed by atoms with Gasteiger partial charge in [0.2, 0.25) is 0 Å². The first-order chi connectivity index (χ1) is 18.9. The molecule has 0 radical (unpaired) electrons. The highest BCUT2D eigenvalue weighted by atomic mass is 16.1. The predicted molar refractivity (Wildman–Crippen MR) is 182 cm³/mol. The number of Topliss-reactive ketones (excluding diaryl/α,β-unsaturated/α-hetero) is 2. The van der Waals surface area contributed by atoms with E-state index in [1.54, 1.807) is 0 Å². The highest BCUT2D eigenvalue weighted by Gasteiger charge is 2.35. The van der Waals surface area contributed by atoms with Gasteiger partial charge in [0.1, 0.15) is 0 Å². The summed E-state index contributed by atoms with van der Waals surface area (Å²) in [6, 6.07) is 0. The van der Waals surface area contributed by atoms with Crippen molar-refractivity contribution in [1.82, 2.24) is 0 Å². The van der Waals surface area contributed by atoms with E-state index in [1.807, 2.05) is 0 Å². The lowest BCUT2D eigenvalue weighted by Gasteiger charge is -2.31. The zero-order chi connectivity index (χ0) is 32.3. The van der Waals surface area contributed by atoms with Gasteiger partial charge in [0.25, 0.3) is 0 Å². The van der Waals surface area contributed by atoms with Crippen LogP contribution in [0.3, 0.4) is 0 Å². The second kappa shape index (κ2) is 10.9. The maximum atomic E-state index is 13.5. The van der Waals surface area contributed by atoms with Gasteiger partial charge in [-0.05, 0) is 130 Å². The summed E-state index contributed by atoms with van der Waals surface area (Å²) >= 11 is 0.